The Morgan fingerprint density at radius 3 is 2.81 bits per heavy atom. The van der Waals surface area contributed by atoms with Crippen molar-refractivity contribution in [1.82, 2.24) is 14.6 Å². The summed E-state index contributed by atoms with van der Waals surface area (Å²) in [5.41, 5.74) is 5.33. The van der Waals surface area contributed by atoms with Crippen LogP contribution in [0, 0.1) is 6.92 Å². The number of hydrogen-bond donors (Lipinski definition) is 1. The normalized spacial score (nSPS) is 10.9. The highest BCUT2D eigenvalue weighted by Gasteiger charge is 2.11. The minimum absolute atomic E-state index is 0.545. The second-order valence-corrected chi connectivity index (χ2v) is 6.34. The highest BCUT2D eigenvalue weighted by Crippen LogP contribution is 2.22. The molecule has 132 valence electrons. The Hall–Kier alpha value is -3.35. The lowest BCUT2D eigenvalue weighted by atomic mass is 10.0. The van der Waals surface area contributed by atoms with Gasteiger partial charge in [-0.3, -0.25) is 4.84 Å². The van der Waals surface area contributed by atoms with Crippen molar-refractivity contribution in [3.8, 4) is 11.3 Å². The summed E-state index contributed by atoms with van der Waals surface area (Å²) in [5.74, 6) is 0.820. The Bertz CT molecular complexity index is 1090. The molecule has 6 nitrogen and oxygen atoms in total. The van der Waals surface area contributed by atoms with E-state index in [9.17, 15) is 0 Å². The third-order valence-corrected chi connectivity index (χ3v) is 4.37. The molecule has 0 bridgehead atoms. The van der Waals surface area contributed by atoms with Crippen molar-refractivity contribution in [3.05, 3.63) is 72.2 Å². The number of pyridine rings is 1. The third-order valence-electron chi connectivity index (χ3n) is 4.37. The summed E-state index contributed by atoms with van der Waals surface area (Å²) in [7, 11) is 7.70. The summed E-state index contributed by atoms with van der Waals surface area (Å²) >= 11 is 0. The third kappa shape index (κ3) is 3.49. The van der Waals surface area contributed by atoms with Gasteiger partial charge in [-0.1, -0.05) is 29.8 Å². The predicted molar refractivity (Wildman–Crippen MR) is 105 cm³/mol. The number of anilines is 1. The van der Waals surface area contributed by atoms with Crippen molar-refractivity contribution in [2.75, 3.05) is 12.4 Å². The predicted octanol–water partition coefficient (Wildman–Crippen LogP) is 1.46. The fourth-order valence-corrected chi connectivity index (χ4v) is 2.89. The van der Waals surface area contributed by atoms with E-state index >= 15 is 0 Å². The maximum atomic E-state index is 6.07. The van der Waals surface area contributed by atoms with Gasteiger partial charge in [0, 0.05) is 40.7 Å². The molecule has 27 heavy (non-hydrogen) atoms. The monoisotopic (exact) mass is 356 g/mol. The number of rotatable bonds is 5. The lowest BCUT2D eigenvalue weighted by Gasteiger charge is -2.11. The first-order valence-corrected chi connectivity index (χ1v) is 8.64. The van der Waals surface area contributed by atoms with Gasteiger partial charge >= 0.3 is 0 Å². The van der Waals surface area contributed by atoms with Gasteiger partial charge in [-0.05, 0) is 18.5 Å². The molecule has 1 aromatic carbocycles. The number of benzene rings is 1. The van der Waals surface area contributed by atoms with Gasteiger partial charge in [0.05, 0.1) is 5.69 Å². The summed E-state index contributed by atoms with van der Waals surface area (Å²) in [6.45, 7) is 2.67. The lowest BCUT2D eigenvalue weighted by molar-refractivity contribution is -0.885. The Morgan fingerprint density at radius 2 is 2.04 bits per heavy atom. The van der Waals surface area contributed by atoms with E-state index in [0.717, 1.165) is 22.6 Å². The van der Waals surface area contributed by atoms with E-state index in [1.165, 1.54) is 5.56 Å². The lowest BCUT2D eigenvalue weighted by Crippen LogP contribution is -2.40. The van der Waals surface area contributed by atoms with Gasteiger partial charge in [-0.15, -0.1) is 0 Å². The van der Waals surface area contributed by atoms with Crippen LogP contribution in [0.25, 0.3) is 16.9 Å². The van der Waals surface area contributed by atoms with Crippen LogP contribution in [0.15, 0.2) is 61.1 Å². The Balaban J connectivity index is 1.71. The smallest absolute Gasteiger partial charge is 0.227 e. The van der Waals surface area contributed by atoms with Crippen LogP contribution in [-0.2, 0) is 6.54 Å². The molecule has 3 heterocycles. The molecule has 4 aromatic rings. The summed E-state index contributed by atoms with van der Waals surface area (Å²) in [4.78, 5) is 9.90. The molecule has 0 spiro atoms. The molecule has 3 aromatic heterocycles. The molecule has 1 N–H and O–H groups in total. The molecule has 2 radical (unpaired) electrons. The Kier molecular flexibility index (Phi) is 4.50. The van der Waals surface area contributed by atoms with Crippen LogP contribution in [0.2, 0.25) is 0 Å². The Labute approximate surface area is 158 Å². The molecular weight excluding hydrogens is 337 g/mol. The van der Waals surface area contributed by atoms with Crippen molar-refractivity contribution in [3.63, 3.8) is 0 Å². The van der Waals surface area contributed by atoms with E-state index in [1.807, 2.05) is 30.6 Å². The van der Waals surface area contributed by atoms with E-state index in [2.05, 4.69) is 46.6 Å². The zero-order valence-electron chi connectivity index (χ0n) is 15.3. The first kappa shape index (κ1) is 17.1. The maximum absolute atomic E-state index is 6.07. The molecule has 0 aliphatic rings. The van der Waals surface area contributed by atoms with Gasteiger partial charge in [0.1, 0.15) is 20.8 Å². The highest BCUT2D eigenvalue weighted by molar-refractivity contribution is 6.36. The van der Waals surface area contributed by atoms with Gasteiger partial charge in [0.25, 0.3) is 0 Å². The first-order valence-electron chi connectivity index (χ1n) is 8.64. The molecule has 0 aliphatic heterocycles. The van der Waals surface area contributed by atoms with Crippen LogP contribution in [0.4, 0.5) is 5.82 Å². The molecule has 0 atom stereocenters. The van der Waals surface area contributed by atoms with Gasteiger partial charge < -0.3 is 5.32 Å². The van der Waals surface area contributed by atoms with E-state index in [4.69, 9.17) is 12.7 Å². The molecule has 0 amide bonds. The highest BCUT2D eigenvalue weighted by atomic mass is 16.6. The maximum Gasteiger partial charge on any atom is 0.227 e. The van der Waals surface area contributed by atoms with Gasteiger partial charge in [-0.25, -0.2) is 4.98 Å². The molecule has 0 saturated heterocycles. The zero-order valence-corrected chi connectivity index (χ0v) is 15.3. The van der Waals surface area contributed by atoms with Crippen LogP contribution in [0.1, 0.15) is 11.1 Å². The molecule has 0 unspecified atom stereocenters. The van der Waals surface area contributed by atoms with E-state index in [-0.39, 0.29) is 0 Å². The number of aromatic nitrogens is 4. The summed E-state index contributed by atoms with van der Waals surface area (Å²) in [6, 6.07) is 14.2. The quantitative estimate of drug-likeness (QED) is 0.435. The first-order chi connectivity index (χ1) is 13.1. The van der Waals surface area contributed by atoms with Crippen LogP contribution >= 0.6 is 0 Å². The molecule has 0 fully saturated rings. The fourth-order valence-electron chi connectivity index (χ4n) is 2.89. The number of hydrogen-bond acceptors (Lipinski definition) is 4. The molecule has 0 saturated carbocycles. The number of nitrogens with zero attached hydrogens (tertiary/aromatic N) is 4. The van der Waals surface area contributed by atoms with Crippen molar-refractivity contribution in [2.45, 2.75) is 13.5 Å². The van der Waals surface area contributed by atoms with Gasteiger partial charge in [-0.2, -0.15) is 9.61 Å². The van der Waals surface area contributed by atoms with Crippen molar-refractivity contribution < 1.29 is 9.57 Å². The van der Waals surface area contributed by atoms with Crippen LogP contribution in [0.3, 0.4) is 0 Å². The van der Waals surface area contributed by atoms with Crippen LogP contribution in [-0.4, -0.2) is 29.6 Å². The minimum atomic E-state index is 0.545. The fraction of sp³-hybridized carbons (Fsp3) is 0.150. The standard InChI is InChI=1S/C20H19BN5O/c1-14-5-7-16(8-6-14)18-10-19(26-20(24-18)17(21)12-23-26)22-11-15-4-3-9-25(13-15)27-2/h3-10,12-13,22H,11H2,1-2H3/q+1. The molecule has 4 rings (SSSR count). The van der Waals surface area contributed by atoms with E-state index < -0.39 is 0 Å². The van der Waals surface area contributed by atoms with E-state index in [1.54, 1.807) is 22.6 Å². The van der Waals surface area contributed by atoms with Crippen molar-refractivity contribution in [2.24, 2.45) is 0 Å². The second kappa shape index (κ2) is 7.11. The SMILES string of the molecule is [B]c1cnn2c(NCc3ccc[n+](OC)c3)cc(-c3ccc(C)cc3)nc12. The summed E-state index contributed by atoms with van der Waals surface area (Å²) < 4.78 is 3.38. The number of nitrogens with one attached hydrogen (secondary N) is 1. The van der Waals surface area contributed by atoms with Crippen molar-refractivity contribution in [1.29, 1.82) is 0 Å². The minimum Gasteiger partial charge on any atom is -0.366 e. The zero-order chi connectivity index (χ0) is 18.8. The molecule has 7 heteroatoms. The van der Waals surface area contributed by atoms with Gasteiger partial charge in [0.15, 0.2) is 5.65 Å². The van der Waals surface area contributed by atoms with Gasteiger partial charge in [0.2, 0.25) is 12.4 Å². The average molecular weight is 356 g/mol. The van der Waals surface area contributed by atoms with Crippen molar-refractivity contribution >= 4 is 24.8 Å². The summed E-state index contributed by atoms with van der Waals surface area (Å²) in [5, 5.41) is 7.78. The van der Waals surface area contributed by atoms with Crippen LogP contribution in [0.5, 0.6) is 0 Å². The topological polar surface area (TPSA) is 55.3 Å². The van der Waals surface area contributed by atoms with E-state index in [0.29, 0.717) is 17.7 Å². The molecule has 0 aliphatic carbocycles. The largest absolute Gasteiger partial charge is 0.366 e. The molecular formula is C20H19BN5O+. The number of fused-ring (bicyclic) bond motifs is 1. The number of aryl methyl sites for hydroxylation is 1. The second-order valence-electron chi connectivity index (χ2n) is 6.34. The Morgan fingerprint density at radius 1 is 1.22 bits per heavy atom. The summed E-state index contributed by atoms with van der Waals surface area (Å²) in [6.07, 6.45) is 5.38. The van der Waals surface area contributed by atoms with Crippen LogP contribution < -0.4 is 20.3 Å². The average Bonchev–Trinajstić information content (AvgIpc) is 3.08.